The Bertz CT molecular complexity index is 989. The highest BCUT2D eigenvalue weighted by Crippen LogP contribution is 2.41. The van der Waals surface area contributed by atoms with Gasteiger partial charge in [-0.15, -0.1) is 0 Å². The van der Waals surface area contributed by atoms with Gasteiger partial charge in [0.25, 0.3) is 5.56 Å². The maximum atomic E-state index is 12.7. The second kappa shape index (κ2) is 5.49. The van der Waals surface area contributed by atoms with Crippen molar-refractivity contribution in [2.45, 2.75) is 57.2 Å². The van der Waals surface area contributed by atoms with Gasteiger partial charge in [0.1, 0.15) is 18.3 Å². The van der Waals surface area contributed by atoms with Gasteiger partial charge in [0.05, 0.1) is 12.4 Å². The van der Waals surface area contributed by atoms with Crippen LogP contribution in [0.1, 0.15) is 27.0 Å². The summed E-state index contributed by atoms with van der Waals surface area (Å²) in [5.74, 6) is -0.893. The molecule has 4 rings (SSSR count). The number of aliphatic hydroxyl groups is 1. The molecule has 2 aromatic rings. The number of hydrogen-bond donors (Lipinski definition) is 1. The quantitative estimate of drug-likeness (QED) is 0.706. The van der Waals surface area contributed by atoms with Crippen molar-refractivity contribution in [1.29, 1.82) is 0 Å². The zero-order valence-electron chi connectivity index (χ0n) is 15.2. The van der Waals surface area contributed by atoms with Gasteiger partial charge in [-0.05, 0) is 20.8 Å². The molecule has 1 N–H and O–H groups in total. The molecule has 0 aliphatic carbocycles. The van der Waals surface area contributed by atoms with Crippen molar-refractivity contribution < 1.29 is 19.3 Å². The van der Waals surface area contributed by atoms with E-state index < -0.39 is 47.7 Å². The average Bonchev–Trinajstić information content (AvgIpc) is 3.15. The lowest BCUT2D eigenvalue weighted by Crippen LogP contribution is -2.53. The molecular weight excluding hydrogens is 344 g/mol. The number of nitrogens with zero attached hydrogens (tertiary/aromatic N) is 4. The fraction of sp³-hybridized carbons (Fsp3) is 0.688. The topological polar surface area (TPSA) is 110 Å². The summed E-state index contributed by atoms with van der Waals surface area (Å²) in [6.45, 7) is 5.25. The summed E-state index contributed by atoms with van der Waals surface area (Å²) < 4.78 is 21.6. The summed E-state index contributed by atoms with van der Waals surface area (Å²) in [5.41, 5.74) is -0.441. The van der Waals surface area contributed by atoms with Crippen LogP contribution in [0.3, 0.4) is 0 Å². The van der Waals surface area contributed by atoms with E-state index in [0.717, 1.165) is 4.57 Å². The van der Waals surface area contributed by atoms with E-state index in [9.17, 15) is 14.7 Å². The molecular formula is C16H22N4O6. The van der Waals surface area contributed by atoms with E-state index in [1.165, 1.54) is 17.9 Å². The lowest BCUT2D eigenvalue weighted by atomic mass is 9.99. The molecule has 4 heterocycles. The van der Waals surface area contributed by atoms with Crippen LogP contribution in [-0.4, -0.2) is 54.0 Å². The summed E-state index contributed by atoms with van der Waals surface area (Å²) in [6.07, 6.45) is -1.90. The number of aromatic nitrogens is 4. The number of hydrogen-bond acceptors (Lipinski definition) is 7. The molecule has 142 valence electrons. The Morgan fingerprint density at radius 2 is 1.81 bits per heavy atom. The average molecular weight is 366 g/mol. The molecule has 0 bridgehead atoms. The fourth-order valence-corrected chi connectivity index (χ4v) is 3.73. The summed E-state index contributed by atoms with van der Waals surface area (Å²) in [4.78, 5) is 29.0. The van der Waals surface area contributed by atoms with Gasteiger partial charge in [0.15, 0.2) is 23.2 Å². The highest BCUT2D eigenvalue weighted by atomic mass is 16.8. The number of imidazole rings is 1. The van der Waals surface area contributed by atoms with Crippen LogP contribution < -0.4 is 11.2 Å². The summed E-state index contributed by atoms with van der Waals surface area (Å²) in [5, 5.41) is 10.4. The molecule has 0 amide bonds. The van der Waals surface area contributed by atoms with Gasteiger partial charge in [0, 0.05) is 14.1 Å². The molecule has 0 spiro atoms. The van der Waals surface area contributed by atoms with Crippen molar-refractivity contribution in [3.63, 3.8) is 0 Å². The molecule has 2 aromatic heterocycles. The molecule has 0 radical (unpaired) electrons. The maximum Gasteiger partial charge on any atom is 0.332 e. The van der Waals surface area contributed by atoms with Crippen molar-refractivity contribution in [1.82, 2.24) is 18.7 Å². The Kier molecular flexibility index (Phi) is 3.68. The molecule has 26 heavy (non-hydrogen) atoms. The van der Waals surface area contributed by atoms with Crippen molar-refractivity contribution in [2.24, 2.45) is 14.1 Å². The highest BCUT2D eigenvalue weighted by molar-refractivity contribution is 5.70. The van der Waals surface area contributed by atoms with Gasteiger partial charge in [-0.2, -0.15) is 0 Å². The second-order valence-corrected chi connectivity index (χ2v) is 7.32. The summed E-state index contributed by atoms with van der Waals surface area (Å²) in [7, 11) is 2.97. The van der Waals surface area contributed by atoms with Crippen LogP contribution in [0.25, 0.3) is 11.2 Å². The Morgan fingerprint density at radius 3 is 2.50 bits per heavy atom. The van der Waals surface area contributed by atoms with Crippen LogP contribution in [0.15, 0.2) is 15.9 Å². The highest BCUT2D eigenvalue weighted by Gasteiger charge is 2.54. The van der Waals surface area contributed by atoms with Crippen LogP contribution in [0.5, 0.6) is 0 Å². The van der Waals surface area contributed by atoms with Crippen LogP contribution >= 0.6 is 0 Å². The number of aryl methyl sites for hydroxylation is 1. The fourth-order valence-electron chi connectivity index (χ4n) is 3.73. The zero-order chi connectivity index (χ0) is 19.0. The van der Waals surface area contributed by atoms with Gasteiger partial charge < -0.3 is 19.3 Å². The van der Waals surface area contributed by atoms with Crippen LogP contribution in [-0.2, 0) is 28.3 Å². The first kappa shape index (κ1) is 17.4. The van der Waals surface area contributed by atoms with Crippen LogP contribution in [0, 0.1) is 0 Å². The van der Waals surface area contributed by atoms with Crippen molar-refractivity contribution in [3.8, 4) is 0 Å². The third-order valence-electron chi connectivity index (χ3n) is 5.06. The molecule has 0 saturated carbocycles. The van der Waals surface area contributed by atoms with Crippen LogP contribution in [0.4, 0.5) is 0 Å². The first-order valence-corrected chi connectivity index (χ1v) is 8.44. The monoisotopic (exact) mass is 366 g/mol. The summed E-state index contributed by atoms with van der Waals surface area (Å²) in [6, 6.07) is 0. The SMILES string of the molecule is CC1OC(n2cnc3c2c(=O)n(C)c(=O)n3C)C2OC(C)(C)OC2C1O. The lowest BCUT2D eigenvalue weighted by Gasteiger charge is -2.39. The smallest absolute Gasteiger partial charge is 0.332 e. The largest absolute Gasteiger partial charge is 0.388 e. The van der Waals surface area contributed by atoms with Crippen molar-refractivity contribution in [3.05, 3.63) is 27.2 Å². The normalized spacial score (nSPS) is 33.5. The minimum atomic E-state index is -0.893. The minimum Gasteiger partial charge on any atom is -0.388 e. The molecule has 5 unspecified atom stereocenters. The first-order valence-electron chi connectivity index (χ1n) is 8.44. The van der Waals surface area contributed by atoms with Gasteiger partial charge in [-0.1, -0.05) is 0 Å². The van der Waals surface area contributed by atoms with Gasteiger partial charge in [-0.3, -0.25) is 18.5 Å². The van der Waals surface area contributed by atoms with E-state index in [1.54, 1.807) is 32.4 Å². The first-order chi connectivity index (χ1) is 12.1. The second-order valence-electron chi connectivity index (χ2n) is 7.32. The predicted molar refractivity (Wildman–Crippen MR) is 89.6 cm³/mol. The van der Waals surface area contributed by atoms with E-state index in [4.69, 9.17) is 14.2 Å². The standard InChI is InChI=1S/C16H22N4O6/c1-7-9(21)10-11(26-16(2,3)25-10)14(24-7)20-6-17-12-8(20)13(22)19(5)15(23)18(12)4/h6-7,9-11,14,21H,1-5H3. The van der Waals surface area contributed by atoms with Gasteiger partial charge in [0.2, 0.25) is 0 Å². The Hall–Kier alpha value is -2.01. The van der Waals surface area contributed by atoms with Gasteiger partial charge in [-0.25, -0.2) is 9.78 Å². The molecule has 10 heteroatoms. The molecule has 10 nitrogen and oxygen atoms in total. The maximum absolute atomic E-state index is 12.7. The molecule has 2 aliphatic heterocycles. The molecule has 0 aromatic carbocycles. The van der Waals surface area contributed by atoms with E-state index in [0.29, 0.717) is 0 Å². The Labute approximate surface area is 148 Å². The number of fused-ring (bicyclic) bond motifs is 2. The Morgan fingerprint density at radius 1 is 1.15 bits per heavy atom. The van der Waals surface area contributed by atoms with Crippen LogP contribution in [0.2, 0.25) is 0 Å². The Balaban J connectivity index is 1.90. The lowest BCUT2D eigenvalue weighted by molar-refractivity contribution is -0.206. The van der Waals surface area contributed by atoms with Crippen molar-refractivity contribution >= 4 is 11.2 Å². The van der Waals surface area contributed by atoms with Crippen molar-refractivity contribution in [2.75, 3.05) is 0 Å². The molecule has 5 atom stereocenters. The van der Waals surface area contributed by atoms with Gasteiger partial charge >= 0.3 is 5.69 Å². The number of ether oxygens (including phenoxy) is 3. The predicted octanol–water partition coefficient (Wildman–Crippen LogP) is -0.768. The third kappa shape index (κ3) is 2.29. The van der Waals surface area contributed by atoms with E-state index >= 15 is 0 Å². The third-order valence-corrected chi connectivity index (χ3v) is 5.06. The van der Waals surface area contributed by atoms with E-state index in [1.807, 2.05) is 0 Å². The van der Waals surface area contributed by atoms with E-state index in [-0.39, 0.29) is 11.2 Å². The molecule has 2 aliphatic rings. The number of rotatable bonds is 1. The zero-order valence-corrected chi connectivity index (χ0v) is 15.2. The molecule has 2 fully saturated rings. The molecule has 2 saturated heterocycles. The van der Waals surface area contributed by atoms with E-state index in [2.05, 4.69) is 4.98 Å². The number of aliphatic hydroxyl groups excluding tert-OH is 1. The summed E-state index contributed by atoms with van der Waals surface area (Å²) >= 11 is 0. The minimum absolute atomic E-state index is 0.232.